The van der Waals surface area contributed by atoms with Gasteiger partial charge in [0.1, 0.15) is 11.6 Å². The Morgan fingerprint density at radius 2 is 2.09 bits per heavy atom. The van der Waals surface area contributed by atoms with Gasteiger partial charge in [-0.1, -0.05) is 29.8 Å². The van der Waals surface area contributed by atoms with Gasteiger partial charge in [0.2, 0.25) is 0 Å². The molecule has 0 saturated heterocycles. The van der Waals surface area contributed by atoms with Gasteiger partial charge < -0.3 is 26.3 Å². The molecule has 10 heteroatoms. The molecule has 2 heterocycles. The van der Waals surface area contributed by atoms with Crippen LogP contribution in [0.4, 0.5) is 15.9 Å². The lowest BCUT2D eigenvalue weighted by molar-refractivity contribution is 0.00484. The molecule has 0 amide bonds. The molecule has 33 heavy (non-hydrogen) atoms. The zero-order valence-corrected chi connectivity index (χ0v) is 18.3. The third kappa shape index (κ3) is 4.61. The molecule has 1 saturated carbocycles. The van der Waals surface area contributed by atoms with Crippen molar-refractivity contribution in [3.05, 3.63) is 81.1 Å². The van der Waals surface area contributed by atoms with E-state index in [0.29, 0.717) is 35.6 Å². The number of benzene rings is 1. The summed E-state index contributed by atoms with van der Waals surface area (Å²) in [5.74, 6) is 0.0263. The molecular formula is C23H23ClFN5O3. The van der Waals surface area contributed by atoms with Crippen molar-refractivity contribution in [2.24, 2.45) is 0 Å². The van der Waals surface area contributed by atoms with E-state index in [1.54, 1.807) is 30.3 Å². The van der Waals surface area contributed by atoms with Crippen LogP contribution < -0.4 is 16.2 Å². The minimum absolute atomic E-state index is 0.0881. The number of rotatable bonds is 8. The van der Waals surface area contributed by atoms with E-state index in [-0.39, 0.29) is 29.6 Å². The summed E-state index contributed by atoms with van der Waals surface area (Å²) in [5, 5.41) is 33.4. The van der Waals surface area contributed by atoms with E-state index in [9.17, 15) is 19.4 Å². The monoisotopic (exact) mass is 471 g/mol. The Hall–Kier alpha value is -3.27. The Morgan fingerprint density at radius 3 is 2.76 bits per heavy atom. The highest BCUT2D eigenvalue weighted by atomic mass is 35.5. The number of aliphatic hydroxyl groups is 2. The second-order valence-corrected chi connectivity index (χ2v) is 8.46. The quantitative estimate of drug-likeness (QED) is 0.322. The molecule has 0 aliphatic heterocycles. The fourth-order valence-corrected chi connectivity index (χ4v) is 4.13. The van der Waals surface area contributed by atoms with Crippen molar-refractivity contribution in [3.63, 3.8) is 0 Å². The Morgan fingerprint density at radius 1 is 1.33 bits per heavy atom. The predicted molar refractivity (Wildman–Crippen MR) is 125 cm³/mol. The molecule has 1 aromatic carbocycles. The fraction of sp³-hybridized carbons (Fsp3) is 0.261. The average Bonchev–Trinajstić information content (AvgIpc) is 2.79. The van der Waals surface area contributed by atoms with Gasteiger partial charge in [0.15, 0.2) is 0 Å². The van der Waals surface area contributed by atoms with Crippen molar-refractivity contribution in [2.75, 3.05) is 17.2 Å². The van der Waals surface area contributed by atoms with E-state index in [1.165, 1.54) is 23.0 Å². The SMILES string of the molecule is N=Cc1c(NCc2ccccc2F)ccn(-c2cc(NC3(CO)CC(O)C3)ncc2Cl)c1=O. The van der Waals surface area contributed by atoms with Gasteiger partial charge in [-0.2, -0.15) is 0 Å². The second kappa shape index (κ2) is 9.30. The number of nitrogens with zero attached hydrogens (tertiary/aromatic N) is 2. The molecule has 1 fully saturated rings. The summed E-state index contributed by atoms with van der Waals surface area (Å²) in [4.78, 5) is 17.4. The Labute approximate surface area is 194 Å². The van der Waals surface area contributed by atoms with Gasteiger partial charge in [-0.05, 0) is 25.0 Å². The van der Waals surface area contributed by atoms with Crippen LogP contribution in [-0.4, -0.2) is 44.2 Å². The summed E-state index contributed by atoms with van der Waals surface area (Å²) < 4.78 is 15.2. The van der Waals surface area contributed by atoms with Gasteiger partial charge in [-0.25, -0.2) is 9.37 Å². The van der Waals surface area contributed by atoms with Crippen LogP contribution >= 0.6 is 11.6 Å². The zero-order chi connectivity index (χ0) is 23.6. The third-order valence-electron chi connectivity index (χ3n) is 5.74. The lowest BCUT2D eigenvalue weighted by Crippen LogP contribution is -2.55. The first-order valence-electron chi connectivity index (χ1n) is 10.3. The number of hydrogen-bond acceptors (Lipinski definition) is 7. The molecule has 8 nitrogen and oxygen atoms in total. The van der Waals surface area contributed by atoms with E-state index in [4.69, 9.17) is 17.0 Å². The Bertz CT molecular complexity index is 1240. The third-order valence-corrected chi connectivity index (χ3v) is 6.04. The second-order valence-electron chi connectivity index (χ2n) is 8.05. The van der Waals surface area contributed by atoms with Crippen LogP contribution in [0, 0.1) is 11.2 Å². The first-order chi connectivity index (χ1) is 15.9. The minimum Gasteiger partial charge on any atom is -0.394 e. The van der Waals surface area contributed by atoms with Crippen molar-refractivity contribution >= 4 is 29.3 Å². The predicted octanol–water partition coefficient (Wildman–Crippen LogP) is 2.93. The molecule has 0 spiro atoms. The number of nitrogens with one attached hydrogen (secondary N) is 3. The highest BCUT2D eigenvalue weighted by molar-refractivity contribution is 6.32. The number of aliphatic hydroxyl groups excluding tert-OH is 2. The minimum atomic E-state index is -0.677. The molecule has 0 unspecified atom stereocenters. The van der Waals surface area contributed by atoms with Crippen LogP contribution in [0.2, 0.25) is 5.02 Å². The van der Waals surface area contributed by atoms with E-state index in [2.05, 4.69) is 15.6 Å². The van der Waals surface area contributed by atoms with Gasteiger partial charge in [0.05, 0.1) is 46.4 Å². The lowest BCUT2D eigenvalue weighted by Gasteiger charge is -2.45. The summed E-state index contributed by atoms with van der Waals surface area (Å²) >= 11 is 6.32. The molecular weight excluding hydrogens is 449 g/mol. The topological polar surface area (TPSA) is 123 Å². The van der Waals surface area contributed by atoms with Crippen molar-refractivity contribution in [1.82, 2.24) is 9.55 Å². The maximum absolute atomic E-state index is 13.9. The van der Waals surface area contributed by atoms with Crippen LogP contribution in [0.15, 0.2) is 53.6 Å². The standard InChI is InChI=1S/C23H23ClFN5O3/c24-17-12-28-21(29-23(13-31)8-15(32)9-23)7-20(17)30-6-5-19(16(10-26)22(30)33)27-11-14-3-1-2-4-18(14)25/h1-7,10,12,15,26-27,31-32H,8-9,11,13H2,(H,28,29). The normalized spacial score (nSPS) is 19.6. The van der Waals surface area contributed by atoms with E-state index in [0.717, 1.165) is 6.21 Å². The highest BCUT2D eigenvalue weighted by Crippen LogP contribution is 2.35. The number of hydrogen-bond donors (Lipinski definition) is 5. The van der Waals surface area contributed by atoms with Crippen molar-refractivity contribution < 1.29 is 14.6 Å². The molecule has 4 rings (SSSR count). The lowest BCUT2D eigenvalue weighted by atomic mass is 9.75. The number of aromatic nitrogens is 2. The van der Waals surface area contributed by atoms with Gasteiger partial charge in [0, 0.05) is 30.6 Å². The maximum Gasteiger partial charge on any atom is 0.266 e. The van der Waals surface area contributed by atoms with Crippen LogP contribution in [0.5, 0.6) is 0 Å². The summed E-state index contributed by atoms with van der Waals surface area (Å²) in [6.07, 6.45) is 4.11. The van der Waals surface area contributed by atoms with E-state index in [1.807, 2.05) is 0 Å². The van der Waals surface area contributed by atoms with Gasteiger partial charge in [-0.3, -0.25) is 9.36 Å². The van der Waals surface area contributed by atoms with E-state index >= 15 is 0 Å². The van der Waals surface area contributed by atoms with Crippen LogP contribution in [-0.2, 0) is 6.54 Å². The number of halogens is 2. The molecule has 1 aliphatic rings. The maximum atomic E-state index is 13.9. The van der Waals surface area contributed by atoms with Crippen LogP contribution in [0.25, 0.3) is 5.69 Å². The molecule has 0 radical (unpaired) electrons. The molecule has 3 aromatic rings. The van der Waals surface area contributed by atoms with E-state index < -0.39 is 17.2 Å². The summed E-state index contributed by atoms with van der Waals surface area (Å²) in [6.45, 7) is -0.0277. The number of anilines is 2. The van der Waals surface area contributed by atoms with Crippen molar-refractivity contribution in [1.29, 1.82) is 5.41 Å². The summed E-state index contributed by atoms with van der Waals surface area (Å²) in [6, 6.07) is 9.50. The molecule has 1 aliphatic carbocycles. The molecule has 2 aromatic heterocycles. The van der Waals surface area contributed by atoms with Crippen molar-refractivity contribution in [3.8, 4) is 5.69 Å². The fourth-order valence-electron chi connectivity index (χ4n) is 3.93. The summed E-state index contributed by atoms with van der Waals surface area (Å²) in [5.41, 5.74) is 0.0908. The van der Waals surface area contributed by atoms with Crippen LogP contribution in [0.3, 0.4) is 0 Å². The first-order valence-corrected chi connectivity index (χ1v) is 10.7. The largest absolute Gasteiger partial charge is 0.394 e. The van der Waals surface area contributed by atoms with Crippen LogP contribution in [0.1, 0.15) is 24.0 Å². The Balaban J connectivity index is 1.63. The average molecular weight is 472 g/mol. The van der Waals surface area contributed by atoms with Gasteiger partial charge in [0.25, 0.3) is 5.56 Å². The number of pyridine rings is 2. The van der Waals surface area contributed by atoms with Gasteiger partial charge in [-0.15, -0.1) is 0 Å². The Kier molecular flexibility index (Phi) is 6.46. The molecule has 5 N–H and O–H groups in total. The summed E-state index contributed by atoms with van der Waals surface area (Å²) in [7, 11) is 0. The first kappa shape index (κ1) is 22.9. The zero-order valence-electron chi connectivity index (χ0n) is 17.6. The highest BCUT2D eigenvalue weighted by Gasteiger charge is 2.43. The molecule has 172 valence electrons. The molecule has 0 bridgehead atoms. The van der Waals surface area contributed by atoms with Gasteiger partial charge >= 0.3 is 0 Å². The molecule has 0 atom stereocenters. The van der Waals surface area contributed by atoms with Crippen molar-refractivity contribution in [2.45, 2.75) is 31.0 Å². The smallest absolute Gasteiger partial charge is 0.266 e.